The molecule has 0 saturated heterocycles. The van der Waals surface area contributed by atoms with Crippen molar-refractivity contribution in [1.82, 2.24) is 0 Å². The SMILES string of the molecule is COc1ccc(C#Cc2ccc3cc(C#Cc4ccc(OC)c(OC)c4)ccc3c2)cc1OC. The van der Waals surface area contributed by atoms with E-state index in [1.165, 1.54) is 0 Å². The predicted molar refractivity (Wildman–Crippen MR) is 135 cm³/mol. The maximum absolute atomic E-state index is 5.35. The Morgan fingerprint density at radius 3 is 1.06 bits per heavy atom. The van der Waals surface area contributed by atoms with E-state index in [4.69, 9.17) is 18.9 Å². The molecule has 4 rings (SSSR count). The van der Waals surface area contributed by atoms with E-state index in [9.17, 15) is 0 Å². The lowest BCUT2D eigenvalue weighted by atomic mass is 10.0. The molecule has 0 heterocycles. The van der Waals surface area contributed by atoms with Crippen molar-refractivity contribution in [2.45, 2.75) is 0 Å². The zero-order chi connectivity index (χ0) is 23.9. The third-order valence-corrected chi connectivity index (χ3v) is 5.31. The van der Waals surface area contributed by atoms with Gasteiger partial charge in [-0.2, -0.15) is 0 Å². The summed E-state index contributed by atoms with van der Waals surface area (Å²) in [6.07, 6.45) is 0. The molecule has 4 heteroatoms. The van der Waals surface area contributed by atoms with Crippen LogP contribution < -0.4 is 18.9 Å². The van der Waals surface area contributed by atoms with Gasteiger partial charge in [0.1, 0.15) is 0 Å². The molecule has 34 heavy (non-hydrogen) atoms. The number of ether oxygens (including phenoxy) is 4. The van der Waals surface area contributed by atoms with E-state index in [2.05, 4.69) is 47.9 Å². The Labute approximate surface area is 200 Å². The molecule has 0 saturated carbocycles. The maximum atomic E-state index is 5.35. The van der Waals surface area contributed by atoms with E-state index in [0.29, 0.717) is 23.0 Å². The predicted octanol–water partition coefficient (Wildman–Crippen LogP) is 5.67. The van der Waals surface area contributed by atoms with Crippen molar-refractivity contribution in [1.29, 1.82) is 0 Å². The van der Waals surface area contributed by atoms with Crippen LogP contribution in [-0.2, 0) is 0 Å². The molecule has 0 amide bonds. The molecule has 0 aliphatic heterocycles. The summed E-state index contributed by atoms with van der Waals surface area (Å²) in [5.41, 5.74) is 3.59. The molecule has 0 aliphatic carbocycles. The van der Waals surface area contributed by atoms with E-state index in [1.54, 1.807) is 28.4 Å². The minimum Gasteiger partial charge on any atom is -0.493 e. The number of methoxy groups -OCH3 is 4. The molecule has 0 unspecified atom stereocenters. The molecule has 0 radical (unpaired) electrons. The van der Waals surface area contributed by atoms with Gasteiger partial charge in [-0.15, -0.1) is 0 Å². The van der Waals surface area contributed by atoms with Crippen molar-refractivity contribution >= 4 is 10.8 Å². The van der Waals surface area contributed by atoms with E-state index >= 15 is 0 Å². The van der Waals surface area contributed by atoms with Crippen LogP contribution >= 0.6 is 0 Å². The van der Waals surface area contributed by atoms with Crippen LogP contribution in [0.5, 0.6) is 23.0 Å². The van der Waals surface area contributed by atoms with Crippen molar-refractivity contribution in [3.8, 4) is 46.7 Å². The molecular weight excluding hydrogens is 424 g/mol. The first-order valence-electron chi connectivity index (χ1n) is 10.7. The first-order chi connectivity index (χ1) is 16.6. The van der Waals surface area contributed by atoms with Crippen LogP contribution in [0, 0.1) is 23.7 Å². The molecule has 0 aliphatic rings. The normalized spacial score (nSPS) is 9.88. The topological polar surface area (TPSA) is 36.9 Å². The smallest absolute Gasteiger partial charge is 0.161 e. The lowest BCUT2D eigenvalue weighted by Crippen LogP contribution is -1.90. The van der Waals surface area contributed by atoms with Crippen LogP contribution in [0.25, 0.3) is 10.8 Å². The van der Waals surface area contributed by atoms with Crippen molar-refractivity contribution in [2.75, 3.05) is 28.4 Å². The van der Waals surface area contributed by atoms with Gasteiger partial charge in [0.25, 0.3) is 0 Å². The number of fused-ring (bicyclic) bond motifs is 1. The highest BCUT2D eigenvalue weighted by Gasteiger charge is 2.04. The molecule has 0 fully saturated rings. The molecule has 0 spiro atoms. The number of rotatable bonds is 4. The average Bonchev–Trinajstić information content (AvgIpc) is 2.90. The van der Waals surface area contributed by atoms with Gasteiger partial charge in [-0.3, -0.25) is 0 Å². The van der Waals surface area contributed by atoms with Gasteiger partial charge in [0, 0.05) is 22.3 Å². The summed E-state index contributed by atoms with van der Waals surface area (Å²) >= 11 is 0. The Morgan fingerprint density at radius 1 is 0.382 bits per heavy atom. The van der Waals surface area contributed by atoms with Gasteiger partial charge in [0.05, 0.1) is 28.4 Å². The van der Waals surface area contributed by atoms with Crippen LogP contribution in [0.15, 0.2) is 72.8 Å². The second-order valence-corrected chi connectivity index (χ2v) is 7.42. The minimum atomic E-state index is 0.662. The Morgan fingerprint density at radius 2 is 0.706 bits per heavy atom. The molecule has 0 aromatic heterocycles. The first kappa shape index (κ1) is 22.6. The molecule has 0 atom stereocenters. The zero-order valence-electron chi connectivity index (χ0n) is 19.6. The van der Waals surface area contributed by atoms with Gasteiger partial charge in [-0.25, -0.2) is 0 Å². The van der Waals surface area contributed by atoms with Gasteiger partial charge < -0.3 is 18.9 Å². The molecule has 168 valence electrons. The average molecular weight is 449 g/mol. The summed E-state index contributed by atoms with van der Waals surface area (Å²) in [4.78, 5) is 0. The van der Waals surface area contributed by atoms with Crippen LogP contribution in [0.3, 0.4) is 0 Å². The summed E-state index contributed by atoms with van der Waals surface area (Å²) in [7, 11) is 6.47. The number of hydrogen-bond donors (Lipinski definition) is 0. The summed E-state index contributed by atoms with van der Waals surface area (Å²) in [6, 6.07) is 23.6. The Bertz CT molecular complexity index is 1350. The molecule has 4 nitrogen and oxygen atoms in total. The lowest BCUT2D eigenvalue weighted by Gasteiger charge is -2.06. The highest BCUT2D eigenvalue weighted by Crippen LogP contribution is 2.28. The fourth-order valence-corrected chi connectivity index (χ4v) is 3.52. The van der Waals surface area contributed by atoms with Crippen molar-refractivity contribution in [2.24, 2.45) is 0 Å². The van der Waals surface area contributed by atoms with E-state index in [1.807, 2.05) is 48.5 Å². The standard InChI is InChI=1S/C30H24O4/c1-31-27-15-11-23(19-29(27)33-3)7-5-21-9-13-26-18-22(10-14-25(26)17-21)6-8-24-12-16-28(32-2)30(20-24)34-4/h9-20H,1-4H3. The lowest BCUT2D eigenvalue weighted by molar-refractivity contribution is 0.355. The molecule has 0 bridgehead atoms. The van der Waals surface area contributed by atoms with E-state index in [-0.39, 0.29) is 0 Å². The molecule has 4 aromatic carbocycles. The summed E-state index contributed by atoms with van der Waals surface area (Å²) in [6.45, 7) is 0. The minimum absolute atomic E-state index is 0.662. The van der Waals surface area contributed by atoms with Crippen molar-refractivity contribution in [3.63, 3.8) is 0 Å². The Kier molecular flexibility index (Phi) is 6.92. The molecule has 0 N–H and O–H groups in total. The third kappa shape index (κ3) is 5.09. The summed E-state index contributed by atoms with van der Waals surface area (Å²) in [5, 5.41) is 2.21. The third-order valence-electron chi connectivity index (χ3n) is 5.31. The van der Waals surface area contributed by atoms with Gasteiger partial charge in [-0.05, 0) is 71.4 Å². The van der Waals surface area contributed by atoms with Gasteiger partial charge >= 0.3 is 0 Å². The molecular formula is C30H24O4. The summed E-state index contributed by atoms with van der Waals surface area (Å²) in [5.74, 6) is 15.5. The quantitative estimate of drug-likeness (QED) is 0.377. The number of benzene rings is 4. The first-order valence-corrected chi connectivity index (χ1v) is 10.7. The zero-order valence-corrected chi connectivity index (χ0v) is 19.6. The summed E-state index contributed by atoms with van der Waals surface area (Å²) < 4.78 is 21.3. The fourth-order valence-electron chi connectivity index (χ4n) is 3.52. The van der Waals surface area contributed by atoms with Crippen molar-refractivity contribution < 1.29 is 18.9 Å². The van der Waals surface area contributed by atoms with E-state index < -0.39 is 0 Å². The monoisotopic (exact) mass is 448 g/mol. The van der Waals surface area contributed by atoms with Crippen LogP contribution in [-0.4, -0.2) is 28.4 Å². The van der Waals surface area contributed by atoms with Crippen LogP contribution in [0.1, 0.15) is 22.3 Å². The van der Waals surface area contributed by atoms with E-state index in [0.717, 1.165) is 33.0 Å². The van der Waals surface area contributed by atoms with Crippen molar-refractivity contribution in [3.05, 3.63) is 95.1 Å². The second-order valence-electron chi connectivity index (χ2n) is 7.42. The maximum Gasteiger partial charge on any atom is 0.161 e. The largest absolute Gasteiger partial charge is 0.493 e. The van der Waals surface area contributed by atoms with Gasteiger partial charge in [0.15, 0.2) is 23.0 Å². The highest BCUT2D eigenvalue weighted by molar-refractivity contribution is 5.85. The van der Waals surface area contributed by atoms with Crippen LogP contribution in [0.2, 0.25) is 0 Å². The number of hydrogen-bond acceptors (Lipinski definition) is 4. The Hall–Kier alpha value is -4.54. The van der Waals surface area contributed by atoms with Gasteiger partial charge in [0.2, 0.25) is 0 Å². The molecule has 4 aromatic rings. The second kappa shape index (κ2) is 10.4. The van der Waals surface area contributed by atoms with Gasteiger partial charge in [-0.1, -0.05) is 35.8 Å². The Balaban J connectivity index is 1.56. The highest BCUT2D eigenvalue weighted by atomic mass is 16.5. The van der Waals surface area contributed by atoms with Crippen LogP contribution in [0.4, 0.5) is 0 Å². The fraction of sp³-hybridized carbons (Fsp3) is 0.133.